The lowest BCUT2D eigenvalue weighted by Gasteiger charge is -2.05. The summed E-state index contributed by atoms with van der Waals surface area (Å²) in [6.45, 7) is 0.111. The molecule has 24 heavy (non-hydrogen) atoms. The highest BCUT2D eigenvalue weighted by atomic mass is 32.2. The largest absolute Gasteiger partial charge is 0.356 e. The Bertz CT molecular complexity index is 1170. The van der Waals surface area contributed by atoms with Gasteiger partial charge < -0.3 is 15.0 Å². The molecule has 0 aliphatic heterocycles. The van der Waals surface area contributed by atoms with Crippen LogP contribution in [-0.4, -0.2) is 28.4 Å². The van der Waals surface area contributed by atoms with Crippen LogP contribution >= 0.6 is 0 Å². The normalized spacial score (nSPS) is 12.2. The standard InChI is InChI=1S/C15H13N5O3S/c21-15-19-12-4-3-10(7-14(12)20-15)24(22,23)17-8-9-6-13-11(18-9)2-1-5-16-13/h1-7,17-18H,8H2,(H2,19,20,21). The van der Waals surface area contributed by atoms with Crippen LogP contribution in [0.5, 0.6) is 0 Å². The molecule has 9 heteroatoms. The molecule has 4 aromatic rings. The van der Waals surface area contributed by atoms with E-state index in [-0.39, 0.29) is 17.1 Å². The Morgan fingerprint density at radius 1 is 1.00 bits per heavy atom. The molecule has 0 saturated heterocycles. The van der Waals surface area contributed by atoms with Crippen molar-refractivity contribution in [2.45, 2.75) is 11.4 Å². The van der Waals surface area contributed by atoms with Gasteiger partial charge >= 0.3 is 5.69 Å². The fourth-order valence-electron chi connectivity index (χ4n) is 2.54. The Morgan fingerprint density at radius 2 is 1.83 bits per heavy atom. The van der Waals surface area contributed by atoms with Crippen LogP contribution in [0.15, 0.2) is 52.3 Å². The summed E-state index contributed by atoms with van der Waals surface area (Å²) in [6.07, 6.45) is 1.68. The summed E-state index contributed by atoms with van der Waals surface area (Å²) in [5, 5.41) is 0. The van der Waals surface area contributed by atoms with E-state index in [0.717, 1.165) is 11.0 Å². The van der Waals surface area contributed by atoms with Crippen LogP contribution in [0, 0.1) is 0 Å². The number of hydrogen-bond donors (Lipinski definition) is 4. The van der Waals surface area contributed by atoms with E-state index in [1.54, 1.807) is 24.4 Å². The lowest BCUT2D eigenvalue weighted by Crippen LogP contribution is -2.23. The van der Waals surface area contributed by atoms with E-state index in [4.69, 9.17) is 0 Å². The predicted molar refractivity (Wildman–Crippen MR) is 89.0 cm³/mol. The van der Waals surface area contributed by atoms with Crippen molar-refractivity contribution >= 4 is 32.1 Å². The number of sulfonamides is 1. The van der Waals surface area contributed by atoms with E-state index in [1.165, 1.54) is 12.1 Å². The number of hydrogen-bond acceptors (Lipinski definition) is 4. The summed E-state index contributed by atoms with van der Waals surface area (Å²) in [4.78, 5) is 23.8. The Hall–Kier alpha value is -2.91. The maximum Gasteiger partial charge on any atom is 0.323 e. The topological polar surface area (TPSA) is 124 Å². The summed E-state index contributed by atoms with van der Waals surface area (Å²) in [7, 11) is -3.70. The van der Waals surface area contributed by atoms with Gasteiger partial charge in [0.2, 0.25) is 10.0 Å². The van der Waals surface area contributed by atoms with Crippen LogP contribution in [0.4, 0.5) is 0 Å². The van der Waals surface area contributed by atoms with E-state index in [0.29, 0.717) is 16.7 Å². The summed E-state index contributed by atoms with van der Waals surface area (Å²) in [6, 6.07) is 9.89. The number of H-pyrrole nitrogens is 3. The first kappa shape index (κ1) is 14.7. The van der Waals surface area contributed by atoms with Gasteiger partial charge in [0, 0.05) is 11.9 Å². The van der Waals surface area contributed by atoms with Crippen molar-refractivity contribution in [2.24, 2.45) is 0 Å². The van der Waals surface area contributed by atoms with Gasteiger partial charge in [-0.05, 0) is 36.4 Å². The van der Waals surface area contributed by atoms with Crippen molar-refractivity contribution in [2.75, 3.05) is 0 Å². The molecule has 0 aliphatic carbocycles. The number of nitrogens with one attached hydrogen (secondary N) is 4. The molecule has 0 bridgehead atoms. The van der Waals surface area contributed by atoms with Gasteiger partial charge in [-0.2, -0.15) is 0 Å². The molecule has 0 fully saturated rings. The molecular weight excluding hydrogens is 330 g/mol. The molecule has 0 spiro atoms. The van der Waals surface area contributed by atoms with Crippen LogP contribution in [0.1, 0.15) is 5.69 Å². The van der Waals surface area contributed by atoms with Gasteiger partial charge in [-0.25, -0.2) is 17.9 Å². The second-order valence-electron chi connectivity index (χ2n) is 5.34. The molecule has 4 N–H and O–H groups in total. The third kappa shape index (κ3) is 2.59. The number of aromatic amines is 3. The minimum atomic E-state index is -3.70. The quantitative estimate of drug-likeness (QED) is 0.444. The maximum atomic E-state index is 12.4. The number of nitrogens with zero attached hydrogens (tertiary/aromatic N) is 1. The molecule has 0 unspecified atom stereocenters. The van der Waals surface area contributed by atoms with E-state index in [2.05, 4.69) is 24.7 Å². The highest BCUT2D eigenvalue weighted by Crippen LogP contribution is 2.16. The van der Waals surface area contributed by atoms with Gasteiger partial charge in [0.25, 0.3) is 0 Å². The highest BCUT2D eigenvalue weighted by Gasteiger charge is 2.15. The zero-order chi connectivity index (χ0) is 16.7. The zero-order valence-electron chi connectivity index (χ0n) is 12.3. The number of fused-ring (bicyclic) bond motifs is 2. The van der Waals surface area contributed by atoms with E-state index in [9.17, 15) is 13.2 Å². The fraction of sp³-hybridized carbons (Fsp3) is 0.0667. The van der Waals surface area contributed by atoms with Gasteiger partial charge in [0.1, 0.15) is 0 Å². The summed E-state index contributed by atoms with van der Waals surface area (Å²) >= 11 is 0. The minimum absolute atomic E-state index is 0.0829. The number of benzene rings is 1. The molecule has 0 aliphatic rings. The van der Waals surface area contributed by atoms with Crippen molar-refractivity contribution in [3.05, 3.63) is 58.8 Å². The van der Waals surface area contributed by atoms with Crippen molar-refractivity contribution in [1.29, 1.82) is 0 Å². The Labute approximate surface area is 136 Å². The van der Waals surface area contributed by atoms with Gasteiger partial charge in [-0.15, -0.1) is 0 Å². The number of imidazole rings is 1. The zero-order valence-corrected chi connectivity index (χ0v) is 13.1. The molecule has 0 radical (unpaired) electrons. The lowest BCUT2D eigenvalue weighted by atomic mass is 10.3. The first-order valence-corrected chi connectivity index (χ1v) is 8.64. The minimum Gasteiger partial charge on any atom is -0.356 e. The molecule has 122 valence electrons. The predicted octanol–water partition coefficient (Wildman–Crippen LogP) is 1.21. The Balaban J connectivity index is 1.60. The van der Waals surface area contributed by atoms with Crippen LogP contribution in [0.25, 0.3) is 22.1 Å². The molecular formula is C15H13N5O3S. The van der Waals surface area contributed by atoms with Gasteiger partial charge in [0.15, 0.2) is 0 Å². The lowest BCUT2D eigenvalue weighted by molar-refractivity contribution is 0.581. The first-order chi connectivity index (χ1) is 11.5. The molecule has 0 saturated carbocycles. The fourth-order valence-corrected chi connectivity index (χ4v) is 3.57. The molecule has 3 aromatic heterocycles. The summed E-state index contributed by atoms with van der Waals surface area (Å²) < 4.78 is 27.4. The molecule has 1 aromatic carbocycles. The third-order valence-corrected chi connectivity index (χ3v) is 5.09. The molecule has 0 atom stereocenters. The van der Waals surface area contributed by atoms with Crippen LogP contribution in [0.2, 0.25) is 0 Å². The molecule has 4 rings (SSSR count). The van der Waals surface area contributed by atoms with Crippen molar-refractivity contribution < 1.29 is 8.42 Å². The Morgan fingerprint density at radius 3 is 2.67 bits per heavy atom. The smallest absolute Gasteiger partial charge is 0.323 e. The highest BCUT2D eigenvalue weighted by molar-refractivity contribution is 7.89. The van der Waals surface area contributed by atoms with Crippen LogP contribution in [-0.2, 0) is 16.6 Å². The summed E-state index contributed by atoms with van der Waals surface area (Å²) in [5.74, 6) is 0. The van der Waals surface area contributed by atoms with Crippen molar-refractivity contribution in [3.8, 4) is 0 Å². The van der Waals surface area contributed by atoms with Crippen molar-refractivity contribution in [3.63, 3.8) is 0 Å². The van der Waals surface area contributed by atoms with Gasteiger partial charge in [-0.1, -0.05) is 0 Å². The average Bonchev–Trinajstić information content (AvgIpc) is 3.13. The van der Waals surface area contributed by atoms with E-state index in [1.807, 2.05) is 6.07 Å². The Kier molecular flexibility index (Phi) is 3.25. The number of pyridine rings is 1. The SMILES string of the molecule is O=c1[nH]c2ccc(S(=O)(=O)NCc3cc4ncccc4[nH]3)cc2[nH]1. The van der Waals surface area contributed by atoms with E-state index < -0.39 is 10.0 Å². The monoisotopic (exact) mass is 343 g/mol. The number of aromatic nitrogens is 4. The molecule has 0 amide bonds. The molecule has 3 heterocycles. The molecule has 8 nitrogen and oxygen atoms in total. The second kappa shape index (κ2) is 5.32. The number of rotatable bonds is 4. The van der Waals surface area contributed by atoms with Crippen LogP contribution < -0.4 is 10.4 Å². The summed E-state index contributed by atoms with van der Waals surface area (Å²) in [5.41, 5.74) is 2.95. The first-order valence-electron chi connectivity index (χ1n) is 7.16. The average molecular weight is 343 g/mol. The second-order valence-corrected chi connectivity index (χ2v) is 7.11. The van der Waals surface area contributed by atoms with Crippen molar-refractivity contribution in [1.82, 2.24) is 24.7 Å². The van der Waals surface area contributed by atoms with Gasteiger partial charge in [-0.3, -0.25) is 4.98 Å². The third-order valence-electron chi connectivity index (χ3n) is 3.70. The van der Waals surface area contributed by atoms with E-state index >= 15 is 0 Å². The maximum absolute atomic E-state index is 12.4. The van der Waals surface area contributed by atoms with Crippen LogP contribution in [0.3, 0.4) is 0 Å². The van der Waals surface area contributed by atoms with Gasteiger partial charge in [0.05, 0.1) is 33.5 Å².